The van der Waals surface area contributed by atoms with Crippen LogP contribution in [0.1, 0.15) is 23.3 Å². The van der Waals surface area contributed by atoms with E-state index in [9.17, 15) is 4.79 Å². The molecule has 16 heavy (non-hydrogen) atoms. The lowest BCUT2D eigenvalue weighted by atomic mass is 10.1. The number of aryl methyl sites for hydroxylation is 1. The SMILES string of the molecule is Cc1ccsc1CN(C)CC1(C(=O)O)CC1. The first-order chi connectivity index (χ1) is 7.53. The first kappa shape index (κ1) is 11.6. The van der Waals surface area contributed by atoms with Crippen molar-refractivity contribution >= 4 is 17.3 Å². The molecule has 88 valence electrons. The summed E-state index contributed by atoms with van der Waals surface area (Å²) in [6.45, 7) is 3.63. The van der Waals surface area contributed by atoms with Crippen molar-refractivity contribution in [3.05, 3.63) is 21.9 Å². The minimum atomic E-state index is -0.637. The zero-order valence-electron chi connectivity index (χ0n) is 9.69. The quantitative estimate of drug-likeness (QED) is 0.857. The van der Waals surface area contributed by atoms with E-state index in [4.69, 9.17) is 5.11 Å². The van der Waals surface area contributed by atoms with Crippen molar-refractivity contribution in [1.82, 2.24) is 4.90 Å². The van der Waals surface area contributed by atoms with Crippen LogP contribution in [0.15, 0.2) is 11.4 Å². The van der Waals surface area contributed by atoms with Crippen LogP contribution >= 0.6 is 11.3 Å². The second kappa shape index (κ2) is 4.18. The lowest BCUT2D eigenvalue weighted by molar-refractivity contribution is -0.144. The predicted molar refractivity (Wildman–Crippen MR) is 64.7 cm³/mol. The van der Waals surface area contributed by atoms with Gasteiger partial charge in [0, 0.05) is 18.0 Å². The van der Waals surface area contributed by atoms with Gasteiger partial charge in [0.25, 0.3) is 0 Å². The highest BCUT2D eigenvalue weighted by Crippen LogP contribution is 2.46. The number of hydrogen-bond acceptors (Lipinski definition) is 3. The molecule has 1 heterocycles. The molecule has 0 bridgehead atoms. The summed E-state index contributed by atoms with van der Waals surface area (Å²) in [6.07, 6.45) is 1.66. The van der Waals surface area contributed by atoms with Crippen molar-refractivity contribution in [2.75, 3.05) is 13.6 Å². The molecule has 0 amide bonds. The zero-order chi connectivity index (χ0) is 11.8. The van der Waals surface area contributed by atoms with Gasteiger partial charge in [-0.05, 0) is 43.8 Å². The number of rotatable bonds is 5. The summed E-state index contributed by atoms with van der Waals surface area (Å²) in [5.74, 6) is -0.637. The van der Waals surface area contributed by atoms with Crippen LogP contribution in [-0.2, 0) is 11.3 Å². The van der Waals surface area contributed by atoms with E-state index in [1.807, 2.05) is 7.05 Å². The van der Waals surface area contributed by atoms with E-state index in [0.717, 1.165) is 19.4 Å². The third kappa shape index (κ3) is 2.28. The Morgan fingerprint density at radius 3 is 2.75 bits per heavy atom. The summed E-state index contributed by atoms with van der Waals surface area (Å²) in [7, 11) is 2.00. The summed E-state index contributed by atoms with van der Waals surface area (Å²) in [5.41, 5.74) is 0.858. The lowest BCUT2D eigenvalue weighted by Crippen LogP contribution is -2.31. The lowest BCUT2D eigenvalue weighted by Gasteiger charge is -2.20. The Bertz CT molecular complexity index is 395. The highest BCUT2D eigenvalue weighted by molar-refractivity contribution is 7.10. The van der Waals surface area contributed by atoms with Gasteiger partial charge in [0.1, 0.15) is 0 Å². The molecule has 3 nitrogen and oxygen atoms in total. The molecule has 1 N–H and O–H groups in total. The molecule has 0 saturated heterocycles. The summed E-state index contributed by atoms with van der Waals surface area (Å²) >= 11 is 1.74. The van der Waals surface area contributed by atoms with Crippen molar-refractivity contribution in [1.29, 1.82) is 0 Å². The van der Waals surface area contributed by atoms with Gasteiger partial charge < -0.3 is 10.0 Å². The standard InChI is InChI=1S/C12H17NO2S/c1-9-3-6-16-10(9)7-13(2)8-12(4-5-12)11(14)15/h3,6H,4-5,7-8H2,1-2H3,(H,14,15). The molecule has 0 spiro atoms. The minimum Gasteiger partial charge on any atom is -0.481 e. The molecule has 1 aliphatic carbocycles. The third-order valence-corrected chi connectivity index (χ3v) is 4.27. The van der Waals surface area contributed by atoms with Crippen LogP contribution < -0.4 is 0 Å². The van der Waals surface area contributed by atoms with Crippen molar-refractivity contribution in [3.63, 3.8) is 0 Å². The smallest absolute Gasteiger partial charge is 0.310 e. The first-order valence-corrected chi connectivity index (χ1v) is 6.36. The fourth-order valence-corrected chi connectivity index (χ4v) is 2.96. The van der Waals surface area contributed by atoms with Gasteiger partial charge in [-0.15, -0.1) is 11.3 Å². The van der Waals surface area contributed by atoms with Crippen LogP contribution in [0, 0.1) is 12.3 Å². The van der Waals surface area contributed by atoms with Gasteiger partial charge in [0.15, 0.2) is 0 Å². The fourth-order valence-electron chi connectivity index (χ4n) is 1.97. The van der Waals surface area contributed by atoms with Crippen molar-refractivity contribution in [2.24, 2.45) is 5.41 Å². The van der Waals surface area contributed by atoms with E-state index >= 15 is 0 Å². The van der Waals surface area contributed by atoms with Crippen molar-refractivity contribution < 1.29 is 9.90 Å². The molecule has 0 radical (unpaired) electrons. The average molecular weight is 239 g/mol. The molecule has 1 aliphatic rings. The average Bonchev–Trinajstić information content (AvgIpc) is 2.88. The normalized spacial score (nSPS) is 17.7. The van der Waals surface area contributed by atoms with E-state index in [1.165, 1.54) is 10.4 Å². The van der Waals surface area contributed by atoms with Crippen LogP contribution in [0.2, 0.25) is 0 Å². The minimum absolute atomic E-state index is 0.445. The van der Waals surface area contributed by atoms with Crippen LogP contribution in [0.5, 0.6) is 0 Å². The Morgan fingerprint density at radius 1 is 1.62 bits per heavy atom. The van der Waals surface area contributed by atoms with Gasteiger partial charge in [0.05, 0.1) is 5.41 Å². The van der Waals surface area contributed by atoms with Gasteiger partial charge >= 0.3 is 5.97 Å². The number of carboxylic acid groups (broad SMARTS) is 1. The molecule has 0 aromatic carbocycles. The largest absolute Gasteiger partial charge is 0.481 e. The summed E-state index contributed by atoms with van der Waals surface area (Å²) < 4.78 is 0. The van der Waals surface area contributed by atoms with Crippen molar-refractivity contribution in [3.8, 4) is 0 Å². The molecule has 1 saturated carbocycles. The summed E-state index contributed by atoms with van der Waals surface area (Å²) in [5, 5.41) is 11.2. The number of aliphatic carboxylic acids is 1. The van der Waals surface area contributed by atoms with E-state index in [2.05, 4.69) is 23.3 Å². The highest BCUT2D eigenvalue weighted by atomic mass is 32.1. The van der Waals surface area contributed by atoms with E-state index in [0.29, 0.717) is 6.54 Å². The maximum Gasteiger partial charge on any atom is 0.310 e. The number of hydrogen-bond donors (Lipinski definition) is 1. The second-order valence-corrected chi connectivity index (χ2v) is 5.79. The van der Waals surface area contributed by atoms with E-state index < -0.39 is 11.4 Å². The maximum absolute atomic E-state index is 11.1. The summed E-state index contributed by atoms with van der Waals surface area (Å²) in [4.78, 5) is 14.5. The third-order valence-electron chi connectivity index (χ3n) is 3.26. The molecular formula is C12H17NO2S. The Kier molecular flexibility index (Phi) is 3.04. The number of thiophene rings is 1. The molecule has 1 aromatic heterocycles. The predicted octanol–water partition coefficient (Wildman–Crippen LogP) is 2.35. The topological polar surface area (TPSA) is 40.5 Å². The Labute approximate surface area is 99.7 Å². The zero-order valence-corrected chi connectivity index (χ0v) is 10.5. The molecule has 0 unspecified atom stereocenters. The Balaban J connectivity index is 1.92. The van der Waals surface area contributed by atoms with Gasteiger partial charge in [-0.25, -0.2) is 0 Å². The van der Waals surface area contributed by atoms with E-state index in [-0.39, 0.29) is 0 Å². The van der Waals surface area contributed by atoms with Gasteiger partial charge in [0.2, 0.25) is 0 Å². The molecule has 0 aliphatic heterocycles. The van der Waals surface area contributed by atoms with Gasteiger partial charge in [-0.1, -0.05) is 0 Å². The van der Waals surface area contributed by atoms with E-state index in [1.54, 1.807) is 11.3 Å². The molecule has 1 aromatic rings. The fraction of sp³-hybridized carbons (Fsp3) is 0.583. The van der Waals surface area contributed by atoms with Crippen LogP contribution in [0.3, 0.4) is 0 Å². The number of nitrogens with zero attached hydrogens (tertiary/aromatic N) is 1. The Hall–Kier alpha value is -0.870. The molecule has 2 rings (SSSR count). The number of carboxylic acids is 1. The van der Waals surface area contributed by atoms with Gasteiger partial charge in [-0.3, -0.25) is 4.79 Å². The van der Waals surface area contributed by atoms with Crippen LogP contribution in [0.4, 0.5) is 0 Å². The second-order valence-electron chi connectivity index (χ2n) is 4.78. The molecule has 1 fully saturated rings. The van der Waals surface area contributed by atoms with Crippen LogP contribution in [-0.4, -0.2) is 29.6 Å². The van der Waals surface area contributed by atoms with Crippen LogP contribution in [0.25, 0.3) is 0 Å². The monoisotopic (exact) mass is 239 g/mol. The van der Waals surface area contributed by atoms with Crippen molar-refractivity contribution in [2.45, 2.75) is 26.3 Å². The number of carbonyl (C=O) groups is 1. The molecule has 4 heteroatoms. The van der Waals surface area contributed by atoms with Gasteiger partial charge in [-0.2, -0.15) is 0 Å². The summed E-state index contributed by atoms with van der Waals surface area (Å²) in [6, 6.07) is 2.11. The molecular weight excluding hydrogens is 222 g/mol. The highest BCUT2D eigenvalue weighted by Gasteiger charge is 2.50. The first-order valence-electron chi connectivity index (χ1n) is 5.48. The maximum atomic E-state index is 11.1. The molecule has 0 atom stereocenters. The Morgan fingerprint density at radius 2 is 2.31 bits per heavy atom.